The van der Waals surface area contributed by atoms with E-state index in [-0.39, 0.29) is 15.6 Å². The van der Waals surface area contributed by atoms with Gasteiger partial charge >= 0.3 is 0 Å². The molecule has 1 aromatic carbocycles. The van der Waals surface area contributed by atoms with Crippen LogP contribution in [-0.4, -0.2) is 13.4 Å². The zero-order chi connectivity index (χ0) is 15.8. The van der Waals surface area contributed by atoms with Crippen molar-refractivity contribution in [3.63, 3.8) is 0 Å². The molecule has 0 aliphatic heterocycles. The Bertz CT molecular complexity index is 815. The molecular formula is C12H8BrClF2N2O2S. The van der Waals surface area contributed by atoms with Crippen molar-refractivity contribution in [1.29, 1.82) is 0 Å². The van der Waals surface area contributed by atoms with E-state index in [0.717, 1.165) is 6.07 Å². The molecule has 9 heteroatoms. The van der Waals surface area contributed by atoms with E-state index in [9.17, 15) is 17.2 Å². The van der Waals surface area contributed by atoms with E-state index < -0.39 is 27.3 Å². The monoisotopic (exact) mass is 396 g/mol. The fourth-order valence-electron chi connectivity index (χ4n) is 1.53. The first kappa shape index (κ1) is 16.1. The van der Waals surface area contributed by atoms with Crippen LogP contribution in [0.4, 0.5) is 14.5 Å². The average molecular weight is 398 g/mol. The molecule has 21 heavy (non-hydrogen) atoms. The van der Waals surface area contributed by atoms with Gasteiger partial charge in [-0.05, 0) is 40.5 Å². The summed E-state index contributed by atoms with van der Waals surface area (Å²) in [5, 5.41) is -0.306. The Morgan fingerprint density at radius 3 is 2.67 bits per heavy atom. The Labute approximate surface area is 133 Å². The molecule has 0 radical (unpaired) electrons. The molecule has 0 saturated carbocycles. The summed E-state index contributed by atoms with van der Waals surface area (Å²) >= 11 is 8.77. The quantitative estimate of drug-likeness (QED) is 0.800. The number of sulfonamides is 1. The third-order valence-corrected chi connectivity index (χ3v) is 4.79. The Morgan fingerprint density at radius 1 is 1.33 bits per heavy atom. The van der Waals surface area contributed by atoms with Gasteiger partial charge in [0.2, 0.25) is 0 Å². The number of anilines is 1. The first-order valence-corrected chi connectivity index (χ1v) is 8.16. The number of benzene rings is 1. The Morgan fingerprint density at radius 2 is 2.00 bits per heavy atom. The number of nitrogens with one attached hydrogen (secondary N) is 1. The van der Waals surface area contributed by atoms with Gasteiger partial charge in [0.05, 0.1) is 0 Å². The summed E-state index contributed by atoms with van der Waals surface area (Å²) in [7, 11) is -4.28. The Kier molecular flexibility index (Phi) is 4.50. The van der Waals surface area contributed by atoms with E-state index in [1.165, 1.54) is 25.3 Å². The molecule has 1 N–H and O–H groups in total. The lowest BCUT2D eigenvalue weighted by atomic mass is 10.2. The highest BCUT2D eigenvalue weighted by molar-refractivity contribution is 9.10. The number of aryl methyl sites for hydroxylation is 1. The van der Waals surface area contributed by atoms with E-state index in [0.29, 0.717) is 4.47 Å². The summed E-state index contributed by atoms with van der Waals surface area (Å²) in [5.74, 6) is -2.02. The summed E-state index contributed by atoms with van der Waals surface area (Å²) in [6.45, 7) is 1.39. The molecule has 2 aromatic rings. The molecule has 112 valence electrons. The van der Waals surface area contributed by atoms with Crippen LogP contribution in [0, 0.1) is 18.6 Å². The van der Waals surface area contributed by atoms with Crippen LogP contribution in [0.2, 0.25) is 5.15 Å². The molecule has 0 aliphatic carbocycles. The zero-order valence-corrected chi connectivity index (χ0v) is 13.7. The molecular weight excluding hydrogens is 390 g/mol. The molecule has 0 saturated heterocycles. The lowest BCUT2D eigenvalue weighted by Gasteiger charge is -2.12. The lowest BCUT2D eigenvalue weighted by Crippen LogP contribution is -2.16. The summed E-state index contributed by atoms with van der Waals surface area (Å²) in [6, 6.07) is 3.36. The van der Waals surface area contributed by atoms with Gasteiger partial charge in [-0.1, -0.05) is 17.7 Å². The maximum atomic E-state index is 13.9. The van der Waals surface area contributed by atoms with Crippen molar-refractivity contribution in [1.82, 2.24) is 4.98 Å². The van der Waals surface area contributed by atoms with Crippen molar-refractivity contribution in [2.75, 3.05) is 4.72 Å². The molecule has 4 nitrogen and oxygen atoms in total. The number of halogens is 4. The van der Waals surface area contributed by atoms with E-state index in [2.05, 4.69) is 20.9 Å². The van der Waals surface area contributed by atoms with Crippen LogP contribution in [0.15, 0.2) is 33.8 Å². The van der Waals surface area contributed by atoms with Crippen LogP contribution in [0.25, 0.3) is 0 Å². The molecule has 0 spiro atoms. The number of hydrogen-bond acceptors (Lipinski definition) is 3. The fourth-order valence-corrected chi connectivity index (χ4v) is 3.55. The molecule has 2 rings (SSSR count). The van der Waals surface area contributed by atoms with Crippen LogP contribution >= 0.6 is 27.5 Å². The molecule has 0 unspecified atom stereocenters. The summed E-state index contributed by atoms with van der Waals surface area (Å²) in [4.78, 5) is 3.27. The van der Waals surface area contributed by atoms with Gasteiger partial charge in [-0.2, -0.15) is 0 Å². The van der Waals surface area contributed by atoms with Crippen LogP contribution < -0.4 is 4.72 Å². The Balaban J connectivity index is 2.53. The number of nitrogens with zero attached hydrogens (tertiary/aromatic N) is 1. The second-order valence-electron chi connectivity index (χ2n) is 4.10. The minimum atomic E-state index is -4.28. The Hall–Kier alpha value is -1.25. The largest absolute Gasteiger partial charge is 0.274 e. The molecule has 0 amide bonds. The number of pyridine rings is 1. The van der Waals surface area contributed by atoms with Crippen LogP contribution in [0.1, 0.15) is 5.56 Å². The maximum absolute atomic E-state index is 13.9. The van der Waals surface area contributed by atoms with Crippen molar-refractivity contribution in [3.05, 3.63) is 51.2 Å². The molecule has 0 bridgehead atoms. The first-order chi connectivity index (χ1) is 9.72. The van der Waals surface area contributed by atoms with Crippen molar-refractivity contribution < 1.29 is 17.2 Å². The SMILES string of the molecule is Cc1ccc(F)c(NS(=O)(=O)c2cc(Br)cnc2Cl)c1F. The van der Waals surface area contributed by atoms with Crippen molar-refractivity contribution >= 4 is 43.2 Å². The molecule has 0 atom stereocenters. The first-order valence-electron chi connectivity index (χ1n) is 5.51. The van der Waals surface area contributed by atoms with E-state index in [1.807, 2.05) is 4.72 Å². The smallest absolute Gasteiger partial charge is 0.265 e. The van der Waals surface area contributed by atoms with Crippen LogP contribution in [0.3, 0.4) is 0 Å². The second-order valence-corrected chi connectivity index (χ2v) is 7.03. The van der Waals surface area contributed by atoms with Crippen LogP contribution in [-0.2, 0) is 10.0 Å². The van der Waals surface area contributed by atoms with Gasteiger partial charge in [0.1, 0.15) is 21.6 Å². The van der Waals surface area contributed by atoms with Gasteiger partial charge in [-0.25, -0.2) is 22.2 Å². The molecule has 0 fully saturated rings. The normalized spacial score (nSPS) is 11.5. The maximum Gasteiger partial charge on any atom is 0.265 e. The van der Waals surface area contributed by atoms with E-state index in [1.54, 1.807) is 0 Å². The number of aromatic nitrogens is 1. The lowest BCUT2D eigenvalue weighted by molar-refractivity contribution is 0.578. The van der Waals surface area contributed by atoms with E-state index >= 15 is 0 Å². The summed E-state index contributed by atoms with van der Waals surface area (Å²) in [6.07, 6.45) is 1.30. The van der Waals surface area contributed by atoms with Gasteiger partial charge in [0.25, 0.3) is 10.0 Å². The minimum Gasteiger partial charge on any atom is -0.274 e. The average Bonchev–Trinajstić information content (AvgIpc) is 2.42. The number of rotatable bonds is 3. The number of hydrogen-bond donors (Lipinski definition) is 1. The standard InChI is InChI=1S/C12H8BrClF2N2O2S/c1-6-2-3-8(15)11(10(6)16)18-21(19,20)9-4-7(13)5-17-12(9)14/h2-5,18H,1H3. The van der Waals surface area contributed by atoms with Gasteiger partial charge < -0.3 is 0 Å². The van der Waals surface area contributed by atoms with Gasteiger partial charge in [-0.3, -0.25) is 4.72 Å². The second kappa shape index (κ2) is 5.86. The highest BCUT2D eigenvalue weighted by atomic mass is 79.9. The fraction of sp³-hybridized carbons (Fsp3) is 0.0833. The third-order valence-electron chi connectivity index (χ3n) is 2.58. The predicted molar refractivity (Wildman–Crippen MR) is 78.9 cm³/mol. The molecule has 1 heterocycles. The van der Waals surface area contributed by atoms with E-state index in [4.69, 9.17) is 11.6 Å². The predicted octanol–water partition coefficient (Wildman–Crippen LogP) is 3.88. The summed E-state index contributed by atoms with van der Waals surface area (Å²) in [5.41, 5.74) is -0.654. The van der Waals surface area contributed by atoms with Gasteiger partial charge in [-0.15, -0.1) is 0 Å². The molecule has 1 aromatic heterocycles. The highest BCUT2D eigenvalue weighted by Crippen LogP contribution is 2.28. The van der Waals surface area contributed by atoms with Gasteiger partial charge in [0, 0.05) is 10.7 Å². The molecule has 0 aliphatic rings. The van der Waals surface area contributed by atoms with Gasteiger partial charge in [0.15, 0.2) is 5.82 Å². The van der Waals surface area contributed by atoms with Crippen molar-refractivity contribution in [2.24, 2.45) is 0 Å². The van der Waals surface area contributed by atoms with Crippen molar-refractivity contribution in [3.8, 4) is 0 Å². The topological polar surface area (TPSA) is 59.1 Å². The zero-order valence-electron chi connectivity index (χ0n) is 10.5. The third kappa shape index (κ3) is 3.33. The summed E-state index contributed by atoms with van der Waals surface area (Å²) < 4.78 is 54.1. The highest BCUT2D eigenvalue weighted by Gasteiger charge is 2.23. The van der Waals surface area contributed by atoms with Crippen molar-refractivity contribution in [2.45, 2.75) is 11.8 Å². The minimum absolute atomic E-state index is 0.104. The van der Waals surface area contributed by atoms with Crippen LogP contribution in [0.5, 0.6) is 0 Å².